The number of ether oxygens (including phenoxy) is 12. The highest BCUT2D eigenvalue weighted by atomic mass is 16.8. The van der Waals surface area contributed by atoms with Crippen LogP contribution in [0.5, 0.6) is 0 Å². The second kappa shape index (κ2) is 29.4. The Morgan fingerprint density at radius 1 is 0.506 bits per heavy atom. The highest BCUT2D eigenvalue weighted by molar-refractivity contribution is 5.76. The molecule has 6 aliphatic heterocycles. The van der Waals surface area contributed by atoms with Gasteiger partial charge in [-0.2, -0.15) is 0 Å². The molecular weight excluding hydrogens is 1080 g/mol. The Balaban J connectivity index is 1.16. The molecule has 11 unspecified atom stereocenters. The van der Waals surface area contributed by atoms with Gasteiger partial charge in [0.25, 0.3) is 5.79 Å². The van der Waals surface area contributed by atoms with Crippen LogP contribution in [0, 0.1) is 11.8 Å². The summed E-state index contributed by atoms with van der Waals surface area (Å²) >= 11 is 0. The second-order valence-corrected chi connectivity index (χ2v) is 20.8. The fraction of sp³-hybridized carbons (Fsp3) is 0.979. The van der Waals surface area contributed by atoms with E-state index in [9.17, 15) is 102 Å². The van der Waals surface area contributed by atoms with Crippen LogP contribution in [0.3, 0.4) is 0 Å². The molecule has 0 radical (unpaired) electrons. The summed E-state index contributed by atoms with van der Waals surface area (Å²) in [6.45, 7) is -0.898. The van der Waals surface area contributed by atoms with E-state index in [-0.39, 0.29) is 6.61 Å². The zero-order valence-corrected chi connectivity index (χ0v) is 43.6. The summed E-state index contributed by atoms with van der Waals surface area (Å²) in [6, 6.07) is 0. The number of aliphatic carboxylic acids is 1. The Morgan fingerprint density at radius 2 is 0.937 bits per heavy atom. The summed E-state index contributed by atoms with van der Waals surface area (Å²) in [7, 11) is 0. The minimum absolute atomic E-state index is 0.166. The molecule has 6 aliphatic rings. The third kappa shape index (κ3) is 14.5. The van der Waals surface area contributed by atoms with Gasteiger partial charge >= 0.3 is 5.97 Å². The number of carboxylic acid groups (broad SMARTS) is 1. The molecule has 0 aromatic heterocycles. The van der Waals surface area contributed by atoms with Crippen molar-refractivity contribution in [3.05, 3.63) is 0 Å². The van der Waals surface area contributed by atoms with Crippen LogP contribution in [0.2, 0.25) is 0 Å². The Bertz CT molecular complexity index is 1830. The van der Waals surface area contributed by atoms with Crippen molar-refractivity contribution in [3.63, 3.8) is 0 Å². The summed E-state index contributed by atoms with van der Waals surface area (Å²) in [5, 5.41) is 205. The smallest absolute Gasteiger partial charge is 0.364 e. The molecular formula is C47H82O32. The van der Waals surface area contributed by atoms with Gasteiger partial charge < -0.3 is 154 Å². The number of rotatable bonds is 25. The predicted molar refractivity (Wildman–Crippen MR) is 251 cm³/mol. The zero-order valence-electron chi connectivity index (χ0n) is 43.6. The van der Waals surface area contributed by atoms with Crippen molar-refractivity contribution in [1.82, 2.24) is 0 Å². The lowest BCUT2D eigenvalue weighted by Gasteiger charge is -2.51. The first kappa shape index (κ1) is 66.4. The van der Waals surface area contributed by atoms with Crippen molar-refractivity contribution in [1.29, 1.82) is 0 Å². The van der Waals surface area contributed by atoms with Crippen molar-refractivity contribution < 1.29 is 159 Å². The molecule has 0 spiro atoms. The van der Waals surface area contributed by atoms with E-state index in [1.807, 2.05) is 6.92 Å². The van der Waals surface area contributed by atoms with Crippen LogP contribution in [0.1, 0.15) is 52.9 Å². The third-order valence-electron chi connectivity index (χ3n) is 15.4. The molecule has 19 N–H and O–H groups in total. The molecule has 32 heteroatoms. The van der Waals surface area contributed by atoms with Crippen LogP contribution in [0.25, 0.3) is 0 Å². The number of aliphatic hydroxyl groups is 18. The van der Waals surface area contributed by atoms with Crippen molar-refractivity contribution >= 4 is 5.97 Å². The van der Waals surface area contributed by atoms with Crippen LogP contribution in [-0.2, 0) is 61.6 Å². The van der Waals surface area contributed by atoms with Gasteiger partial charge in [0.1, 0.15) is 122 Å². The third-order valence-corrected chi connectivity index (χ3v) is 15.4. The second-order valence-electron chi connectivity index (χ2n) is 20.8. The summed E-state index contributed by atoms with van der Waals surface area (Å²) in [5.41, 5.74) is 0. The Hall–Kier alpha value is -1.73. The summed E-state index contributed by atoms with van der Waals surface area (Å²) in [5.74, 6) is -7.35. The van der Waals surface area contributed by atoms with Crippen molar-refractivity contribution in [3.8, 4) is 0 Å². The summed E-state index contributed by atoms with van der Waals surface area (Å²) in [6.07, 6.45) is -49.1. The SMILES string of the molecule is CCCCCCO[C@@H]1OC(CO)[C@@H](O[C@@H]2OC(CO)[C@H](O[C@H]3OC(CO)[C@H](O)[C@H](O[C@@H]4OC(CO)[C@H](O)C(O[C@@H]5OC(CO)[C@H](O)C(O[C@]6(C(=O)O)C[C@@H](O)[C@@H](C)C([C@H](O)[C@H](O)CO)O6)[C@@H]5O)[C@@H]4C)C3O)C(O)[C@@H]2O)C(O)[C@@H]1O. The minimum Gasteiger partial charge on any atom is -0.477 e. The van der Waals surface area contributed by atoms with Gasteiger partial charge in [-0.1, -0.05) is 40.0 Å². The van der Waals surface area contributed by atoms with E-state index < -0.39 is 241 Å². The highest BCUT2D eigenvalue weighted by Crippen LogP contribution is 2.42. The molecule has 0 aromatic rings. The predicted octanol–water partition coefficient (Wildman–Crippen LogP) is -9.74. The molecule has 0 amide bonds. The average Bonchev–Trinajstić information content (AvgIpc) is 3.46. The Morgan fingerprint density at radius 3 is 1.44 bits per heavy atom. The number of unbranched alkanes of at least 4 members (excludes halogenated alkanes) is 3. The van der Waals surface area contributed by atoms with Gasteiger partial charge in [0.15, 0.2) is 31.5 Å². The molecule has 6 rings (SSSR count). The van der Waals surface area contributed by atoms with Crippen LogP contribution in [0.15, 0.2) is 0 Å². The first-order chi connectivity index (χ1) is 37.5. The summed E-state index contributed by atoms with van der Waals surface area (Å²) in [4.78, 5) is 12.9. The fourth-order valence-corrected chi connectivity index (χ4v) is 10.5. The number of hydrogen-bond donors (Lipinski definition) is 19. The molecule has 6 saturated heterocycles. The standard InChI is InChI=1S/C47H82O32/c1-4-5-6-7-8-68-42-31(62)29(60)37(23(14-52)72-42)75-43-32(63)30(61)38(24(15-53)73-43)76-44-33(64)39(27(58)21(12-50)70-44)77-41-17(3)35(26(57)20(11-49)69-41)74-45-34(65)40(28(59)22(13-51)71-45)79-47(46(66)67)9-18(54)16(2)36(78-47)25(56)19(55)10-48/h16-45,48-65H,4-15H2,1-3H3,(H,66,67)/t16-,17+,18-,19-,20?,21?,22?,23?,24?,25-,26+,27+,28+,29?,30?,31+,32+,33?,34+,35?,36?,37-,38+,39+,40?,41+,42-,43+,44-,45+,47+/m1/s1. The largest absolute Gasteiger partial charge is 0.477 e. The fourth-order valence-electron chi connectivity index (χ4n) is 10.5. The van der Waals surface area contributed by atoms with Crippen molar-refractivity contribution in [2.75, 3.05) is 46.2 Å². The zero-order chi connectivity index (χ0) is 58.4. The minimum atomic E-state index is -3.00. The van der Waals surface area contributed by atoms with Gasteiger partial charge in [-0.15, -0.1) is 0 Å². The van der Waals surface area contributed by atoms with E-state index in [4.69, 9.17) is 56.8 Å². The van der Waals surface area contributed by atoms with E-state index in [2.05, 4.69) is 0 Å². The molecule has 6 fully saturated rings. The van der Waals surface area contributed by atoms with Crippen LogP contribution in [0.4, 0.5) is 0 Å². The van der Waals surface area contributed by atoms with Crippen molar-refractivity contribution in [2.45, 2.75) is 231 Å². The molecule has 32 nitrogen and oxygen atoms in total. The van der Waals surface area contributed by atoms with Gasteiger partial charge in [-0.25, -0.2) is 4.79 Å². The number of carbonyl (C=O) groups is 1. The van der Waals surface area contributed by atoms with E-state index in [0.717, 1.165) is 19.3 Å². The van der Waals surface area contributed by atoms with Crippen LogP contribution >= 0.6 is 0 Å². The molecule has 31 atom stereocenters. The Kier molecular flexibility index (Phi) is 24.7. The molecule has 462 valence electrons. The lowest BCUT2D eigenvalue weighted by atomic mass is 9.84. The number of hydrogen-bond acceptors (Lipinski definition) is 31. The molecule has 0 aromatic carbocycles. The number of aliphatic hydroxyl groups excluding tert-OH is 18. The topological polar surface area (TPSA) is 512 Å². The molecule has 0 bridgehead atoms. The number of carboxylic acids is 1. The van der Waals surface area contributed by atoms with Gasteiger partial charge in [0.05, 0.1) is 58.0 Å². The maximum atomic E-state index is 12.9. The molecule has 0 aliphatic carbocycles. The maximum absolute atomic E-state index is 12.9. The van der Waals surface area contributed by atoms with Crippen LogP contribution in [-0.4, -0.2) is 327 Å². The lowest BCUT2D eigenvalue weighted by molar-refractivity contribution is -0.396. The van der Waals surface area contributed by atoms with Gasteiger partial charge in [0, 0.05) is 24.9 Å². The van der Waals surface area contributed by atoms with E-state index in [0.29, 0.717) is 6.42 Å². The van der Waals surface area contributed by atoms with Gasteiger partial charge in [-0.3, -0.25) is 0 Å². The molecule has 6 heterocycles. The summed E-state index contributed by atoms with van der Waals surface area (Å²) < 4.78 is 69.2. The quantitative estimate of drug-likeness (QED) is 0.0378. The monoisotopic (exact) mass is 1160 g/mol. The van der Waals surface area contributed by atoms with Gasteiger partial charge in [0.2, 0.25) is 0 Å². The van der Waals surface area contributed by atoms with E-state index in [1.54, 1.807) is 0 Å². The van der Waals surface area contributed by atoms with E-state index >= 15 is 0 Å². The first-order valence-electron chi connectivity index (χ1n) is 26.4. The van der Waals surface area contributed by atoms with Gasteiger partial charge in [-0.05, 0) is 6.42 Å². The van der Waals surface area contributed by atoms with Crippen molar-refractivity contribution in [2.24, 2.45) is 11.8 Å². The van der Waals surface area contributed by atoms with Crippen LogP contribution < -0.4 is 0 Å². The average molecular weight is 1160 g/mol. The normalized spacial score (nSPS) is 47.9. The Labute approximate surface area is 452 Å². The highest BCUT2D eigenvalue weighted by Gasteiger charge is 2.60. The first-order valence-corrected chi connectivity index (χ1v) is 26.4. The molecule has 79 heavy (non-hydrogen) atoms. The van der Waals surface area contributed by atoms with E-state index in [1.165, 1.54) is 13.8 Å². The molecule has 0 saturated carbocycles. The lowest BCUT2D eigenvalue weighted by Crippen LogP contribution is -2.68. The maximum Gasteiger partial charge on any atom is 0.364 e.